The minimum Gasteiger partial charge on any atom is -0.343 e. The van der Waals surface area contributed by atoms with Crippen LogP contribution >= 0.6 is 0 Å². The van der Waals surface area contributed by atoms with Gasteiger partial charge in [0.1, 0.15) is 12.1 Å². The lowest BCUT2D eigenvalue weighted by Gasteiger charge is -2.37. The highest BCUT2D eigenvalue weighted by Crippen LogP contribution is 2.11. The fourth-order valence-corrected chi connectivity index (χ4v) is 1.98. The quantitative estimate of drug-likeness (QED) is 0.729. The number of piperazine rings is 1. The number of rotatable bonds is 3. The van der Waals surface area contributed by atoms with Crippen LogP contribution in [0.5, 0.6) is 0 Å². The first-order valence-corrected chi connectivity index (χ1v) is 6.89. The van der Waals surface area contributed by atoms with Crippen LogP contribution in [0, 0.1) is 0 Å². The highest BCUT2D eigenvalue weighted by Gasteiger charge is 2.36. The Morgan fingerprint density at radius 3 is 2.50 bits per heavy atom. The molecule has 1 aliphatic rings. The third-order valence-corrected chi connectivity index (χ3v) is 4.16. The van der Waals surface area contributed by atoms with Crippen LogP contribution in [0.4, 0.5) is 0 Å². The molecule has 0 bridgehead atoms. The van der Waals surface area contributed by atoms with Crippen LogP contribution in [0.1, 0.15) is 20.8 Å². The third-order valence-electron chi connectivity index (χ3n) is 2.88. The van der Waals surface area contributed by atoms with Gasteiger partial charge in [0.15, 0.2) is 0 Å². The number of carbonyl (C=O) groups excluding carboxylic acids is 2. The SMILES string of the molecule is CC1NC(=O)C(C)N(CC(C)S(C)=O)C1=O. The van der Waals surface area contributed by atoms with Crippen molar-refractivity contribution in [1.82, 2.24) is 10.2 Å². The largest absolute Gasteiger partial charge is 0.343 e. The van der Waals surface area contributed by atoms with Gasteiger partial charge in [0, 0.05) is 28.9 Å². The minimum absolute atomic E-state index is 0.107. The van der Waals surface area contributed by atoms with Crippen LogP contribution in [-0.2, 0) is 20.4 Å². The molecule has 0 aliphatic carbocycles. The zero-order chi connectivity index (χ0) is 12.5. The molecule has 1 N–H and O–H groups in total. The van der Waals surface area contributed by atoms with Crippen molar-refractivity contribution < 1.29 is 13.8 Å². The molecule has 4 unspecified atom stereocenters. The van der Waals surface area contributed by atoms with Gasteiger partial charge >= 0.3 is 0 Å². The van der Waals surface area contributed by atoms with Crippen LogP contribution in [0.3, 0.4) is 0 Å². The molecule has 0 aromatic heterocycles. The van der Waals surface area contributed by atoms with Crippen molar-refractivity contribution in [2.45, 2.75) is 38.1 Å². The van der Waals surface area contributed by atoms with Crippen molar-refractivity contribution in [3.05, 3.63) is 0 Å². The maximum Gasteiger partial charge on any atom is 0.245 e. The normalized spacial score (nSPS) is 29.9. The number of carbonyl (C=O) groups is 2. The highest BCUT2D eigenvalue weighted by atomic mass is 32.2. The van der Waals surface area contributed by atoms with Crippen LogP contribution < -0.4 is 5.32 Å². The predicted octanol–water partition coefficient (Wildman–Crippen LogP) is -0.511. The molecule has 1 aliphatic heterocycles. The second kappa shape index (κ2) is 4.95. The summed E-state index contributed by atoms with van der Waals surface area (Å²) in [5, 5.41) is 2.48. The van der Waals surface area contributed by atoms with E-state index in [1.807, 2.05) is 6.92 Å². The van der Waals surface area contributed by atoms with Gasteiger partial charge < -0.3 is 10.2 Å². The van der Waals surface area contributed by atoms with E-state index in [0.717, 1.165) is 0 Å². The Hall–Kier alpha value is -0.910. The lowest BCUT2D eigenvalue weighted by atomic mass is 10.1. The van der Waals surface area contributed by atoms with Gasteiger partial charge in [-0.1, -0.05) is 0 Å². The van der Waals surface area contributed by atoms with Crippen molar-refractivity contribution in [2.75, 3.05) is 12.8 Å². The van der Waals surface area contributed by atoms with E-state index in [4.69, 9.17) is 0 Å². The maximum absolute atomic E-state index is 11.9. The summed E-state index contributed by atoms with van der Waals surface area (Å²) in [6, 6.07) is -0.962. The Bertz CT molecular complexity index is 332. The predicted molar refractivity (Wildman–Crippen MR) is 62.3 cm³/mol. The molecule has 0 aromatic rings. The summed E-state index contributed by atoms with van der Waals surface area (Å²) < 4.78 is 11.3. The van der Waals surface area contributed by atoms with Crippen LogP contribution in [-0.4, -0.2) is 51.1 Å². The van der Waals surface area contributed by atoms with E-state index in [9.17, 15) is 13.8 Å². The Labute approximate surface area is 98.0 Å². The summed E-state index contributed by atoms with van der Waals surface area (Å²) in [6.07, 6.45) is 1.60. The smallest absolute Gasteiger partial charge is 0.245 e. The molecule has 1 fully saturated rings. The Morgan fingerprint density at radius 1 is 1.44 bits per heavy atom. The van der Waals surface area contributed by atoms with Gasteiger partial charge in [-0.05, 0) is 20.8 Å². The zero-order valence-corrected chi connectivity index (χ0v) is 10.8. The van der Waals surface area contributed by atoms with E-state index < -0.39 is 22.9 Å². The number of hydrogen-bond donors (Lipinski definition) is 1. The Balaban J connectivity index is 2.79. The molecule has 0 radical (unpaired) electrons. The molecular weight excluding hydrogens is 228 g/mol. The summed E-state index contributed by atoms with van der Waals surface area (Å²) in [7, 11) is -0.990. The second-order valence-electron chi connectivity index (χ2n) is 4.21. The molecule has 16 heavy (non-hydrogen) atoms. The first kappa shape index (κ1) is 13.2. The van der Waals surface area contributed by atoms with Crippen LogP contribution in [0.15, 0.2) is 0 Å². The third kappa shape index (κ3) is 2.61. The minimum atomic E-state index is -0.990. The van der Waals surface area contributed by atoms with Crippen molar-refractivity contribution in [3.63, 3.8) is 0 Å². The van der Waals surface area contributed by atoms with Gasteiger partial charge in [0.2, 0.25) is 11.8 Å². The molecule has 0 aromatic carbocycles. The van der Waals surface area contributed by atoms with E-state index in [2.05, 4.69) is 5.32 Å². The average molecular weight is 246 g/mol. The monoisotopic (exact) mass is 246 g/mol. The lowest BCUT2D eigenvalue weighted by Crippen LogP contribution is -2.62. The van der Waals surface area contributed by atoms with Gasteiger partial charge in [-0.25, -0.2) is 0 Å². The molecule has 1 heterocycles. The summed E-state index contributed by atoms with van der Waals surface area (Å²) in [6.45, 7) is 5.52. The summed E-state index contributed by atoms with van der Waals surface area (Å²) in [5.74, 6) is -0.259. The topological polar surface area (TPSA) is 66.5 Å². The van der Waals surface area contributed by atoms with Gasteiger partial charge in [-0.15, -0.1) is 0 Å². The van der Waals surface area contributed by atoms with Crippen molar-refractivity contribution >= 4 is 22.6 Å². The van der Waals surface area contributed by atoms with E-state index in [-0.39, 0.29) is 17.1 Å². The molecular formula is C10H18N2O3S. The van der Waals surface area contributed by atoms with E-state index >= 15 is 0 Å². The summed E-state index contributed by atoms with van der Waals surface area (Å²) in [4.78, 5) is 24.9. The fraction of sp³-hybridized carbons (Fsp3) is 0.800. The lowest BCUT2D eigenvalue weighted by molar-refractivity contribution is -0.148. The van der Waals surface area contributed by atoms with Crippen LogP contribution in [0.25, 0.3) is 0 Å². The second-order valence-corrected chi connectivity index (χ2v) is 6.01. The molecule has 1 saturated heterocycles. The molecule has 6 heteroatoms. The van der Waals surface area contributed by atoms with E-state index in [1.54, 1.807) is 20.1 Å². The van der Waals surface area contributed by atoms with Gasteiger partial charge in [0.25, 0.3) is 0 Å². The van der Waals surface area contributed by atoms with Crippen LogP contribution in [0.2, 0.25) is 0 Å². The molecule has 0 spiro atoms. The standard InChI is InChI=1S/C10H18N2O3S/c1-6(16(4)15)5-12-8(3)9(13)11-7(2)10(12)14/h6-8H,5H2,1-4H3,(H,11,13). The Kier molecular flexibility index (Phi) is 4.07. The first-order chi connectivity index (χ1) is 7.34. The van der Waals surface area contributed by atoms with E-state index in [0.29, 0.717) is 6.54 Å². The van der Waals surface area contributed by atoms with Gasteiger partial charge in [0.05, 0.1) is 0 Å². The molecule has 2 amide bonds. The first-order valence-electron chi connectivity index (χ1n) is 5.27. The van der Waals surface area contributed by atoms with Crippen molar-refractivity contribution in [2.24, 2.45) is 0 Å². The highest BCUT2D eigenvalue weighted by molar-refractivity contribution is 7.84. The average Bonchev–Trinajstić information content (AvgIpc) is 2.21. The van der Waals surface area contributed by atoms with Crippen molar-refractivity contribution in [3.8, 4) is 0 Å². The molecule has 1 rings (SSSR count). The Morgan fingerprint density at radius 2 is 2.00 bits per heavy atom. The molecule has 92 valence electrons. The molecule has 5 nitrogen and oxygen atoms in total. The number of nitrogens with zero attached hydrogens (tertiary/aromatic N) is 1. The summed E-state index contributed by atoms with van der Waals surface area (Å²) in [5.41, 5.74) is 0. The van der Waals surface area contributed by atoms with Crippen molar-refractivity contribution in [1.29, 1.82) is 0 Å². The summed E-state index contributed by atoms with van der Waals surface area (Å²) >= 11 is 0. The molecule has 4 atom stereocenters. The number of hydrogen-bond acceptors (Lipinski definition) is 3. The maximum atomic E-state index is 11.9. The fourth-order valence-electron chi connectivity index (χ4n) is 1.61. The zero-order valence-electron chi connectivity index (χ0n) is 10.0. The number of nitrogens with one attached hydrogen (secondary N) is 1. The van der Waals surface area contributed by atoms with Gasteiger partial charge in [-0.3, -0.25) is 13.8 Å². The van der Waals surface area contributed by atoms with Gasteiger partial charge in [-0.2, -0.15) is 0 Å². The molecule has 0 saturated carbocycles. The van der Waals surface area contributed by atoms with E-state index in [1.165, 1.54) is 4.90 Å². The number of amides is 2.